The summed E-state index contributed by atoms with van der Waals surface area (Å²) in [7, 11) is -3.22. The van der Waals surface area contributed by atoms with E-state index in [0.717, 1.165) is 32.4 Å². The topological polar surface area (TPSA) is 75.3 Å². The maximum absolute atomic E-state index is 12.2. The Labute approximate surface area is 115 Å². The lowest BCUT2D eigenvalue weighted by molar-refractivity contribution is -0.121. The summed E-state index contributed by atoms with van der Waals surface area (Å²) >= 11 is 0. The van der Waals surface area contributed by atoms with E-state index in [0.29, 0.717) is 18.8 Å². The molecule has 2 heterocycles. The summed E-state index contributed by atoms with van der Waals surface area (Å²) in [6, 6.07) is 0.0618. The van der Waals surface area contributed by atoms with Crippen LogP contribution in [0.4, 0.5) is 0 Å². The lowest BCUT2D eigenvalue weighted by Crippen LogP contribution is -2.49. The Morgan fingerprint density at radius 1 is 1.21 bits per heavy atom. The first-order valence-corrected chi connectivity index (χ1v) is 8.95. The van der Waals surface area contributed by atoms with Gasteiger partial charge in [0.15, 0.2) is 9.84 Å². The van der Waals surface area contributed by atoms with Crippen molar-refractivity contribution >= 4 is 15.7 Å². The van der Waals surface area contributed by atoms with Crippen LogP contribution >= 0.6 is 0 Å². The average Bonchev–Trinajstić information content (AvgIpc) is 2.39. The van der Waals surface area contributed by atoms with E-state index in [4.69, 9.17) is 0 Å². The molecule has 1 amide bonds. The summed E-state index contributed by atoms with van der Waals surface area (Å²) in [4.78, 5) is 12.2. The van der Waals surface area contributed by atoms with Gasteiger partial charge < -0.3 is 10.6 Å². The Balaban J connectivity index is 1.92. The van der Waals surface area contributed by atoms with Crippen molar-refractivity contribution in [2.24, 2.45) is 5.92 Å². The van der Waals surface area contributed by atoms with Gasteiger partial charge in [-0.15, -0.1) is 0 Å². The molecule has 0 aliphatic carbocycles. The Morgan fingerprint density at radius 2 is 1.89 bits per heavy atom. The number of amides is 1. The highest BCUT2D eigenvalue weighted by Crippen LogP contribution is 2.21. The van der Waals surface area contributed by atoms with Crippen LogP contribution in [0.2, 0.25) is 0 Å². The molecule has 0 spiro atoms. The zero-order valence-corrected chi connectivity index (χ0v) is 12.3. The van der Waals surface area contributed by atoms with Crippen molar-refractivity contribution in [3.05, 3.63) is 0 Å². The predicted molar refractivity (Wildman–Crippen MR) is 74.6 cm³/mol. The SMILES string of the molecule is CC(NC(=O)C1CCCCS1(=O)=O)C1CCNCC1. The van der Waals surface area contributed by atoms with Gasteiger partial charge in [-0.05, 0) is 51.6 Å². The normalized spacial score (nSPS) is 29.6. The van der Waals surface area contributed by atoms with Gasteiger partial charge in [-0.3, -0.25) is 4.79 Å². The molecular formula is C13H24N2O3S. The molecule has 2 saturated heterocycles. The van der Waals surface area contributed by atoms with Crippen molar-refractivity contribution in [3.8, 4) is 0 Å². The van der Waals surface area contributed by atoms with Crippen LogP contribution in [0, 0.1) is 5.92 Å². The van der Waals surface area contributed by atoms with E-state index in [9.17, 15) is 13.2 Å². The second kappa shape index (κ2) is 6.22. The molecule has 6 heteroatoms. The van der Waals surface area contributed by atoms with Gasteiger partial charge in [-0.1, -0.05) is 6.42 Å². The van der Waals surface area contributed by atoms with Crippen LogP contribution in [0.3, 0.4) is 0 Å². The van der Waals surface area contributed by atoms with E-state index >= 15 is 0 Å². The summed E-state index contributed by atoms with van der Waals surface area (Å²) < 4.78 is 23.8. The summed E-state index contributed by atoms with van der Waals surface area (Å²) in [5.41, 5.74) is 0. The van der Waals surface area contributed by atoms with Crippen molar-refractivity contribution in [2.75, 3.05) is 18.8 Å². The van der Waals surface area contributed by atoms with Gasteiger partial charge in [-0.2, -0.15) is 0 Å². The number of sulfone groups is 1. The first-order chi connectivity index (χ1) is 9.00. The molecule has 19 heavy (non-hydrogen) atoms. The minimum absolute atomic E-state index is 0.0618. The fraction of sp³-hybridized carbons (Fsp3) is 0.923. The third kappa shape index (κ3) is 3.69. The summed E-state index contributed by atoms with van der Waals surface area (Å²) in [5.74, 6) is 0.328. The quantitative estimate of drug-likeness (QED) is 0.791. The highest BCUT2D eigenvalue weighted by Gasteiger charge is 2.36. The Morgan fingerprint density at radius 3 is 2.53 bits per heavy atom. The summed E-state index contributed by atoms with van der Waals surface area (Å²) in [6.45, 7) is 3.95. The third-order valence-corrected chi connectivity index (χ3v) is 6.51. The first-order valence-electron chi connectivity index (χ1n) is 7.23. The second-order valence-corrected chi connectivity index (χ2v) is 8.04. The van der Waals surface area contributed by atoms with Crippen LogP contribution in [0.25, 0.3) is 0 Å². The Bertz CT molecular complexity index is 416. The van der Waals surface area contributed by atoms with Gasteiger partial charge in [0.1, 0.15) is 5.25 Å². The highest BCUT2D eigenvalue weighted by molar-refractivity contribution is 7.92. The highest BCUT2D eigenvalue weighted by atomic mass is 32.2. The predicted octanol–water partition coefficient (Wildman–Crippen LogP) is 0.458. The molecule has 0 radical (unpaired) electrons. The van der Waals surface area contributed by atoms with E-state index in [-0.39, 0.29) is 17.7 Å². The largest absolute Gasteiger partial charge is 0.352 e. The smallest absolute Gasteiger partial charge is 0.238 e. The van der Waals surface area contributed by atoms with E-state index in [1.54, 1.807) is 0 Å². The average molecular weight is 288 g/mol. The lowest BCUT2D eigenvalue weighted by atomic mass is 9.91. The fourth-order valence-corrected chi connectivity index (χ4v) is 4.84. The molecular weight excluding hydrogens is 264 g/mol. The molecule has 2 aliphatic rings. The first kappa shape index (κ1) is 14.8. The van der Waals surface area contributed by atoms with Crippen molar-refractivity contribution in [1.82, 2.24) is 10.6 Å². The van der Waals surface area contributed by atoms with Crippen molar-refractivity contribution in [1.29, 1.82) is 0 Å². The van der Waals surface area contributed by atoms with Crippen LogP contribution in [0.5, 0.6) is 0 Å². The summed E-state index contributed by atoms with van der Waals surface area (Å²) in [6.07, 6.45) is 4.08. The van der Waals surface area contributed by atoms with Crippen molar-refractivity contribution in [3.63, 3.8) is 0 Å². The minimum atomic E-state index is -3.22. The number of hydrogen-bond acceptors (Lipinski definition) is 4. The van der Waals surface area contributed by atoms with E-state index in [2.05, 4.69) is 10.6 Å². The molecule has 0 aromatic heterocycles. The molecule has 0 saturated carbocycles. The monoisotopic (exact) mass is 288 g/mol. The molecule has 5 nitrogen and oxygen atoms in total. The lowest BCUT2D eigenvalue weighted by Gasteiger charge is -2.30. The molecule has 2 atom stereocenters. The molecule has 2 aliphatic heterocycles. The van der Waals surface area contributed by atoms with E-state index in [1.807, 2.05) is 6.92 Å². The van der Waals surface area contributed by atoms with Gasteiger partial charge in [-0.25, -0.2) is 8.42 Å². The number of hydrogen-bond donors (Lipinski definition) is 2. The van der Waals surface area contributed by atoms with Crippen LogP contribution < -0.4 is 10.6 Å². The van der Waals surface area contributed by atoms with Crippen LogP contribution in [0.1, 0.15) is 39.0 Å². The number of carbonyl (C=O) groups excluding carboxylic acids is 1. The second-order valence-electron chi connectivity index (χ2n) is 5.74. The molecule has 0 bridgehead atoms. The van der Waals surface area contributed by atoms with E-state index in [1.165, 1.54) is 0 Å². The van der Waals surface area contributed by atoms with Crippen molar-refractivity contribution < 1.29 is 13.2 Å². The number of piperidine rings is 1. The molecule has 2 N–H and O–H groups in total. The van der Waals surface area contributed by atoms with Crippen LogP contribution in [0.15, 0.2) is 0 Å². The molecule has 2 rings (SSSR count). The summed E-state index contributed by atoms with van der Waals surface area (Å²) in [5, 5.41) is 5.41. The molecule has 2 fully saturated rings. The molecule has 110 valence electrons. The zero-order valence-electron chi connectivity index (χ0n) is 11.5. The number of rotatable bonds is 3. The van der Waals surface area contributed by atoms with Gasteiger partial charge in [0, 0.05) is 6.04 Å². The third-order valence-electron chi connectivity index (χ3n) is 4.33. The zero-order chi connectivity index (χ0) is 13.9. The maximum Gasteiger partial charge on any atom is 0.238 e. The van der Waals surface area contributed by atoms with Crippen molar-refractivity contribution in [2.45, 2.75) is 50.3 Å². The maximum atomic E-state index is 12.2. The van der Waals surface area contributed by atoms with Gasteiger partial charge >= 0.3 is 0 Å². The van der Waals surface area contributed by atoms with Gasteiger partial charge in [0.2, 0.25) is 5.91 Å². The van der Waals surface area contributed by atoms with Gasteiger partial charge in [0.05, 0.1) is 5.75 Å². The van der Waals surface area contributed by atoms with E-state index < -0.39 is 15.1 Å². The molecule has 0 aromatic rings. The molecule has 2 unspecified atom stereocenters. The molecule has 0 aromatic carbocycles. The Hall–Kier alpha value is -0.620. The fourth-order valence-electron chi connectivity index (χ4n) is 3.03. The van der Waals surface area contributed by atoms with Crippen LogP contribution in [-0.2, 0) is 14.6 Å². The standard InChI is InChI=1S/C13H24N2O3S/c1-10(11-5-7-14-8-6-11)15-13(16)12-4-2-3-9-19(12,17)18/h10-12,14H,2-9H2,1H3,(H,15,16). The van der Waals surface area contributed by atoms with Crippen LogP contribution in [-0.4, -0.2) is 44.5 Å². The minimum Gasteiger partial charge on any atom is -0.352 e. The number of nitrogens with one attached hydrogen (secondary N) is 2. The van der Waals surface area contributed by atoms with Gasteiger partial charge in [0.25, 0.3) is 0 Å². The number of carbonyl (C=O) groups is 1. The Kier molecular flexibility index (Phi) is 4.84.